The summed E-state index contributed by atoms with van der Waals surface area (Å²) in [6.07, 6.45) is 0.673. The molecule has 2 N–H and O–H groups in total. The number of aromatic nitrogens is 2. The maximum atomic E-state index is 5.44. The molecular formula is C9H15N3OS2. The van der Waals surface area contributed by atoms with Crippen LogP contribution in [0.15, 0.2) is 4.52 Å². The molecule has 0 aromatic carbocycles. The van der Waals surface area contributed by atoms with Crippen molar-refractivity contribution in [2.45, 2.75) is 23.8 Å². The number of hydrogen-bond acceptors (Lipinski definition) is 6. The van der Waals surface area contributed by atoms with Crippen molar-refractivity contribution in [1.29, 1.82) is 0 Å². The van der Waals surface area contributed by atoms with Gasteiger partial charge in [-0.1, -0.05) is 12.1 Å². The van der Waals surface area contributed by atoms with Crippen LogP contribution >= 0.6 is 23.5 Å². The van der Waals surface area contributed by atoms with Gasteiger partial charge in [0.2, 0.25) is 5.89 Å². The summed E-state index contributed by atoms with van der Waals surface area (Å²) in [5, 5.41) is 4.97. The van der Waals surface area contributed by atoms with Gasteiger partial charge in [0.1, 0.15) is 0 Å². The van der Waals surface area contributed by atoms with E-state index in [4.69, 9.17) is 10.3 Å². The van der Waals surface area contributed by atoms with Gasteiger partial charge >= 0.3 is 0 Å². The van der Waals surface area contributed by atoms with Crippen LogP contribution in [-0.2, 0) is 6.42 Å². The summed E-state index contributed by atoms with van der Waals surface area (Å²) in [6.45, 7) is 2.78. The zero-order chi connectivity index (χ0) is 10.7. The lowest BCUT2D eigenvalue weighted by Gasteiger charge is -2.24. The molecule has 0 aliphatic carbocycles. The van der Waals surface area contributed by atoms with Crippen molar-refractivity contribution < 1.29 is 4.52 Å². The Morgan fingerprint density at radius 1 is 1.47 bits per heavy atom. The Kier molecular flexibility index (Phi) is 3.93. The van der Waals surface area contributed by atoms with Crippen molar-refractivity contribution in [1.82, 2.24) is 10.1 Å². The molecular weight excluding hydrogens is 230 g/mol. The highest BCUT2D eigenvalue weighted by molar-refractivity contribution is 8.06. The topological polar surface area (TPSA) is 64.9 Å². The third-order valence-corrected chi connectivity index (χ3v) is 5.37. The Morgan fingerprint density at radius 2 is 2.27 bits per heavy atom. The van der Waals surface area contributed by atoms with Gasteiger partial charge in [0.25, 0.3) is 0 Å². The lowest BCUT2D eigenvalue weighted by atomic mass is 10.3. The predicted molar refractivity (Wildman–Crippen MR) is 64.2 cm³/mol. The van der Waals surface area contributed by atoms with Gasteiger partial charge in [0.05, 0.1) is 5.25 Å². The Bertz CT molecular complexity index is 318. The summed E-state index contributed by atoms with van der Waals surface area (Å²) >= 11 is 3.90. The highest BCUT2D eigenvalue weighted by atomic mass is 32.2. The molecule has 84 valence electrons. The van der Waals surface area contributed by atoms with Crippen molar-refractivity contribution in [2.75, 3.05) is 18.1 Å². The minimum absolute atomic E-state index is 0.374. The number of nitrogens with two attached hydrogens (primary N) is 1. The van der Waals surface area contributed by atoms with Crippen LogP contribution in [0, 0.1) is 0 Å². The Hall–Kier alpha value is -0.200. The number of rotatable bonds is 3. The fraction of sp³-hybridized carbons (Fsp3) is 0.778. The molecule has 4 nitrogen and oxygen atoms in total. The van der Waals surface area contributed by atoms with Gasteiger partial charge in [-0.3, -0.25) is 0 Å². The predicted octanol–water partition coefficient (Wildman–Crippen LogP) is 1.48. The second-order valence-corrected chi connectivity index (χ2v) is 6.19. The summed E-state index contributed by atoms with van der Waals surface area (Å²) < 4.78 is 5.14. The van der Waals surface area contributed by atoms with Crippen molar-refractivity contribution >= 4 is 23.5 Å². The molecule has 0 bridgehead atoms. The molecule has 1 aromatic heterocycles. The van der Waals surface area contributed by atoms with Crippen molar-refractivity contribution in [3.63, 3.8) is 0 Å². The van der Waals surface area contributed by atoms with Crippen LogP contribution in [0.4, 0.5) is 0 Å². The summed E-state index contributed by atoms with van der Waals surface area (Å²) in [5.74, 6) is 3.88. The molecule has 6 heteroatoms. The normalized spacial score (nSPS) is 26.8. The van der Waals surface area contributed by atoms with Crippen LogP contribution in [0.2, 0.25) is 0 Å². The molecule has 15 heavy (non-hydrogen) atoms. The molecule has 1 fully saturated rings. The largest absolute Gasteiger partial charge is 0.339 e. The standard InChI is InChI=1S/C9H15N3OS2/c1-6-8(15-5-4-14-6)9-11-7(2-3-10)13-12-9/h6,8H,2-5,10H2,1H3. The molecule has 2 unspecified atom stereocenters. The summed E-state index contributed by atoms with van der Waals surface area (Å²) in [6, 6.07) is 0. The van der Waals surface area contributed by atoms with Crippen LogP contribution < -0.4 is 5.73 Å². The smallest absolute Gasteiger partial charge is 0.227 e. The quantitative estimate of drug-likeness (QED) is 0.870. The summed E-state index contributed by atoms with van der Waals surface area (Å²) in [4.78, 5) is 4.38. The lowest BCUT2D eigenvalue weighted by molar-refractivity contribution is 0.374. The van der Waals surface area contributed by atoms with Crippen LogP contribution in [0.5, 0.6) is 0 Å². The maximum Gasteiger partial charge on any atom is 0.227 e. The van der Waals surface area contributed by atoms with Gasteiger partial charge in [0.15, 0.2) is 5.82 Å². The van der Waals surface area contributed by atoms with E-state index in [1.807, 2.05) is 23.5 Å². The first-order valence-corrected chi connectivity index (χ1v) is 7.16. The average molecular weight is 245 g/mol. The van der Waals surface area contributed by atoms with E-state index in [1.54, 1.807) is 0 Å². The van der Waals surface area contributed by atoms with E-state index in [0.29, 0.717) is 29.4 Å². The summed E-state index contributed by atoms with van der Waals surface area (Å²) in [7, 11) is 0. The maximum absolute atomic E-state index is 5.44. The van der Waals surface area contributed by atoms with Gasteiger partial charge < -0.3 is 10.3 Å². The number of nitrogens with zero attached hydrogens (tertiary/aromatic N) is 2. The zero-order valence-corrected chi connectivity index (χ0v) is 10.3. The molecule has 0 saturated carbocycles. The highest BCUT2D eigenvalue weighted by Crippen LogP contribution is 2.40. The third kappa shape index (κ3) is 2.68. The van der Waals surface area contributed by atoms with Crippen molar-refractivity contribution in [3.05, 3.63) is 11.7 Å². The minimum atomic E-state index is 0.374. The first-order valence-electron chi connectivity index (χ1n) is 5.07. The third-order valence-electron chi connectivity index (χ3n) is 2.28. The molecule has 2 atom stereocenters. The van der Waals surface area contributed by atoms with Crippen LogP contribution in [-0.4, -0.2) is 33.4 Å². The fourth-order valence-corrected chi connectivity index (χ4v) is 4.20. The van der Waals surface area contributed by atoms with Gasteiger partial charge in [-0.2, -0.15) is 16.7 Å². The first-order chi connectivity index (χ1) is 7.31. The van der Waals surface area contributed by atoms with E-state index in [1.165, 1.54) is 11.5 Å². The fourth-order valence-electron chi connectivity index (χ4n) is 1.53. The zero-order valence-electron chi connectivity index (χ0n) is 8.68. The molecule has 0 radical (unpaired) electrons. The van der Waals surface area contributed by atoms with Crippen LogP contribution in [0.3, 0.4) is 0 Å². The highest BCUT2D eigenvalue weighted by Gasteiger charge is 2.28. The molecule has 2 rings (SSSR count). The van der Waals surface area contributed by atoms with Gasteiger partial charge in [-0.05, 0) is 0 Å². The molecule has 2 heterocycles. The Labute approximate surface area is 97.8 Å². The molecule has 0 spiro atoms. The lowest BCUT2D eigenvalue weighted by Crippen LogP contribution is -2.17. The second-order valence-electron chi connectivity index (χ2n) is 3.45. The van der Waals surface area contributed by atoms with Gasteiger partial charge in [-0.25, -0.2) is 0 Å². The monoisotopic (exact) mass is 245 g/mol. The Morgan fingerprint density at radius 3 is 3.00 bits per heavy atom. The number of thioether (sulfide) groups is 2. The van der Waals surface area contributed by atoms with E-state index in [-0.39, 0.29) is 0 Å². The molecule has 1 saturated heterocycles. The van der Waals surface area contributed by atoms with Gasteiger partial charge in [0, 0.05) is 29.7 Å². The average Bonchev–Trinajstić information content (AvgIpc) is 2.68. The van der Waals surface area contributed by atoms with E-state index in [9.17, 15) is 0 Å². The van der Waals surface area contributed by atoms with E-state index in [0.717, 1.165) is 5.82 Å². The minimum Gasteiger partial charge on any atom is -0.339 e. The van der Waals surface area contributed by atoms with E-state index < -0.39 is 0 Å². The number of hydrogen-bond donors (Lipinski definition) is 1. The van der Waals surface area contributed by atoms with E-state index in [2.05, 4.69) is 17.1 Å². The summed E-state index contributed by atoms with van der Waals surface area (Å²) in [5.41, 5.74) is 5.44. The molecule has 1 aliphatic heterocycles. The Balaban J connectivity index is 2.06. The second kappa shape index (κ2) is 5.23. The molecule has 0 amide bonds. The van der Waals surface area contributed by atoms with Crippen molar-refractivity contribution in [3.8, 4) is 0 Å². The molecule has 1 aromatic rings. The molecule has 1 aliphatic rings. The van der Waals surface area contributed by atoms with E-state index >= 15 is 0 Å². The van der Waals surface area contributed by atoms with Gasteiger partial charge in [-0.15, -0.1) is 11.8 Å². The SMILES string of the molecule is CC1SCCSC1c1noc(CCN)n1. The first kappa shape index (κ1) is 11.3. The van der Waals surface area contributed by atoms with Crippen LogP contribution in [0.1, 0.15) is 23.9 Å². The van der Waals surface area contributed by atoms with Crippen LogP contribution in [0.25, 0.3) is 0 Å². The van der Waals surface area contributed by atoms with Crippen molar-refractivity contribution in [2.24, 2.45) is 5.73 Å².